The zero-order chi connectivity index (χ0) is 18.6. The fourth-order valence-electron chi connectivity index (χ4n) is 2.55. The van der Waals surface area contributed by atoms with Crippen molar-refractivity contribution >= 4 is 23.4 Å². The molecule has 1 aliphatic heterocycles. The largest absolute Gasteiger partial charge is 0.481 e. The summed E-state index contributed by atoms with van der Waals surface area (Å²) in [5, 5.41) is 2.76. The Morgan fingerprint density at radius 3 is 2.76 bits per heavy atom. The van der Waals surface area contributed by atoms with Crippen LogP contribution in [0.4, 0.5) is 5.69 Å². The van der Waals surface area contributed by atoms with Gasteiger partial charge in [-0.3, -0.25) is 14.4 Å². The average molecular weight is 345 g/mol. The first-order valence-electron chi connectivity index (χ1n) is 8.01. The van der Waals surface area contributed by atoms with Crippen LogP contribution in [0.2, 0.25) is 0 Å². The molecule has 1 saturated heterocycles. The Balaban J connectivity index is 1.97. The van der Waals surface area contributed by atoms with Crippen molar-refractivity contribution in [3.63, 3.8) is 0 Å². The molecule has 0 radical (unpaired) electrons. The Hall–Kier alpha value is -2.83. The molecule has 0 spiro atoms. The number of amides is 3. The summed E-state index contributed by atoms with van der Waals surface area (Å²) in [6.07, 6.45) is 1.37. The summed E-state index contributed by atoms with van der Waals surface area (Å²) in [6, 6.07) is 5.22. The zero-order valence-corrected chi connectivity index (χ0v) is 14.7. The predicted octanol–water partition coefficient (Wildman–Crippen LogP) is 1.19. The van der Waals surface area contributed by atoms with E-state index in [2.05, 4.69) is 11.9 Å². The maximum Gasteiger partial charge on any atom is 0.263 e. The van der Waals surface area contributed by atoms with Crippen molar-refractivity contribution < 1.29 is 19.1 Å². The molecule has 3 amide bonds. The average Bonchev–Trinajstić information content (AvgIpc) is 2.88. The molecule has 0 aromatic heterocycles. The maximum absolute atomic E-state index is 12.0. The highest BCUT2D eigenvalue weighted by Gasteiger charge is 2.30. The van der Waals surface area contributed by atoms with Gasteiger partial charge < -0.3 is 19.9 Å². The number of nitrogens with zero attached hydrogens (tertiary/aromatic N) is 2. The molecule has 134 valence electrons. The van der Waals surface area contributed by atoms with Gasteiger partial charge in [0.1, 0.15) is 5.75 Å². The van der Waals surface area contributed by atoms with Gasteiger partial charge in [0.2, 0.25) is 11.8 Å². The fraction of sp³-hybridized carbons (Fsp3) is 0.389. The minimum absolute atomic E-state index is 0.0232. The minimum Gasteiger partial charge on any atom is -0.481 e. The maximum atomic E-state index is 12.0. The molecule has 0 saturated carbocycles. The second kappa shape index (κ2) is 7.83. The number of nitrogens with one attached hydrogen (secondary N) is 1. The lowest BCUT2D eigenvalue weighted by molar-refractivity contribution is -0.132. The lowest BCUT2D eigenvalue weighted by Gasteiger charge is -2.17. The van der Waals surface area contributed by atoms with Crippen LogP contribution in [0.1, 0.15) is 12.0 Å². The number of likely N-dealkylation sites (N-methyl/N-ethyl adjacent to an activating group) is 2. The van der Waals surface area contributed by atoms with Crippen molar-refractivity contribution in [3.8, 4) is 5.75 Å². The summed E-state index contributed by atoms with van der Waals surface area (Å²) >= 11 is 0. The highest BCUT2D eigenvalue weighted by molar-refractivity contribution is 5.96. The lowest BCUT2D eigenvalue weighted by Crippen LogP contribution is -2.33. The van der Waals surface area contributed by atoms with Gasteiger partial charge >= 0.3 is 0 Å². The van der Waals surface area contributed by atoms with Crippen LogP contribution in [0.15, 0.2) is 30.9 Å². The molecule has 1 aromatic rings. The first-order valence-corrected chi connectivity index (χ1v) is 8.01. The quantitative estimate of drug-likeness (QED) is 0.786. The standard InChI is InChI=1S/C18H23N3O4/c1-5-17(23)21(4)11-16(22)19-14-7-6-13(10-12(14)2)25-15-8-9-20(3)18(15)24/h5-7,10,15H,1,8-9,11H2,2-4H3,(H,19,22). The summed E-state index contributed by atoms with van der Waals surface area (Å²) in [4.78, 5) is 38.2. The van der Waals surface area contributed by atoms with Crippen LogP contribution in [0, 0.1) is 6.92 Å². The van der Waals surface area contributed by atoms with Gasteiger partial charge in [-0.1, -0.05) is 6.58 Å². The first-order chi connectivity index (χ1) is 11.8. The van der Waals surface area contributed by atoms with E-state index in [9.17, 15) is 14.4 Å². The molecule has 0 aliphatic carbocycles. The molecule has 1 heterocycles. The summed E-state index contributed by atoms with van der Waals surface area (Å²) in [5.41, 5.74) is 1.44. The van der Waals surface area contributed by atoms with Crippen LogP contribution in [0.5, 0.6) is 5.75 Å². The topological polar surface area (TPSA) is 79.0 Å². The Morgan fingerprint density at radius 1 is 1.48 bits per heavy atom. The molecule has 2 rings (SSSR count). The first kappa shape index (κ1) is 18.5. The van der Waals surface area contributed by atoms with Gasteiger partial charge in [0.15, 0.2) is 6.10 Å². The molecule has 1 fully saturated rings. The molecule has 7 nitrogen and oxygen atoms in total. The van der Waals surface area contributed by atoms with E-state index >= 15 is 0 Å². The van der Waals surface area contributed by atoms with E-state index < -0.39 is 6.10 Å². The third-order valence-corrected chi connectivity index (χ3v) is 4.06. The second-order valence-corrected chi connectivity index (χ2v) is 6.08. The summed E-state index contributed by atoms with van der Waals surface area (Å²) in [6.45, 7) is 5.85. The van der Waals surface area contributed by atoms with Crippen LogP contribution < -0.4 is 10.1 Å². The number of rotatable bonds is 6. The fourth-order valence-corrected chi connectivity index (χ4v) is 2.55. The van der Waals surface area contributed by atoms with Gasteiger partial charge in [-0.15, -0.1) is 0 Å². The number of hydrogen-bond donors (Lipinski definition) is 1. The molecule has 1 unspecified atom stereocenters. The van der Waals surface area contributed by atoms with Gasteiger partial charge in [-0.2, -0.15) is 0 Å². The van der Waals surface area contributed by atoms with Crippen LogP contribution in [0.3, 0.4) is 0 Å². The Labute approximate surface area is 147 Å². The molecule has 0 bridgehead atoms. The smallest absolute Gasteiger partial charge is 0.263 e. The summed E-state index contributed by atoms with van der Waals surface area (Å²) < 4.78 is 5.74. The van der Waals surface area contributed by atoms with Crippen molar-refractivity contribution in [2.75, 3.05) is 32.5 Å². The van der Waals surface area contributed by atoms with Gasteiger partial charge in [-0.25, -0.2) is 0 Å². The Morgan fingerprint density at radius 2 is 2.20 bits per heavy atom. The van der Waals surface area contributed by atoms with Crippen molar-refractivity contribution in [2.45, 2.75) is 19.4 Å². The third-order valence-electron chi connectivity index (χ3n) is 4.06. The van der Waals surface area contributed by atoms with E-state index in [1.54, 1.807) is 30.1 Å². The predicted molar refractivity (Wildman–Crippen MR) is 94.3 cm³/mol. The summed E-state index contributed by atoms with van der Waals surface area (Å²) in [7, 11) is 3.28. The number of hydrogen-bond acceptors (Lipinski definition) is 4. The molecule has 25 heavy (non-hydrogen) atoms. The second-order valence-electron chi connectivity index (χ2n) is 6.08. The van der Waals surface area contributed by atoms with Crippen LogP contribution in [-0.2, 0) is 14.4 Å². The van der Waals surface area contributed by atoms with Crippen molar-refractivity contribution in [2.24, 2.45) is 0 Å². The number of carbonyl (C=O) groups is 3. The highest BCUT2D eigenvalue weighted by atomic mass is 16.5. The van der Waals surface area contributed by atoms with Crippen LogP contribution in [0.25, 0.3) is 0 Å². The van der Waals surface area contributed by atoms with Crippen molar-refractivity contribution in [3.05, 3.63) is 36.4 Å². The third kappa shape index (κ3) is 4.59. The van der Waals surface area contributed by atoms with Crippen LogP contribution >= 0.6 is 0 Å². The van der Waals surface area contributed by atoms with Gasteiger partial charge in [0.25, 0.3) is 5.91 Å². The number of likely N-dealkylation sites (tertiary alicyclic amines) is 1. The van der Waals surface area contributed by atoms with Gasteiger partial charge in [-0.05, 0) is 36.8 Å². The molecular formula is C18H23N3O4. The van der Waals surface area contributed by atoms with Crippen LogP contribution in [-0.4, -0.2) is 60.8 Å². The molecule has 1 atom stereocenters. The number of benzene rings is 1. The van der Waals surface area contributed by atoms with E-state index in [4.69, 9.17) is 4.74 Å². The number of ether oxygens (including phenoxy) is 1. The SMILES string of the molecule is C=CC(=O)N(C)CC(=O)Nc1ccc(OC2CCN(C)C2=O)cc1C. The monoisotopic (exact) mass is 345 g/mol. The van der Waals surface area contributed by atoms with Gasteiger partial charge in [0.05, 0.1) is 6.54 Å². The molecule has 7 heteroatoms. The van der Waals surface area contributed by atoms with E-state index in [1.807, 2.05) is 6.92 Å². The Kier molecular flexibility index (Phi) is 5.80. The number of anilines is 1. The van der Waals surface area contributed by atoms with E-state index in [-0.39, 0.29) is 24.3 Å². The molecule has 1 aliphatic rings. The van der Waals surface area contributed by atoms with E-state index in [1.165, 1.54) is 11.9 Å². The molecule has 1 aromatic carbocycles. The van der Waals surface area contributed by atoms with E-state index in [0.717, 1.165) is 11.6 Å². The minimum atomic E-state index is -0.455. The highest BCUT2D eigenvalue weighted by Crippen LogP contribution is 2.24. The normalized spacial score (nSPS) is 16.5. The van der Waals surface area contributed by atoms with Gasteiger partial charge in [0, 0.05) is 32.7 Å². The van der Waals surface area contributed by atoms with Crippen molar-refractivity contribution in [1.29, 1.82) is 0 Å². The lowest BCUT2D eigenvalue weighted by atomic mass is 10.2. The summed E-state index contributed by atoms with van der Waals surface area (Å²) in [5.74, 6) is -0.0584. The number of aryl methyl sites for hydroxylation is 1. The molecule has 1 N–H and O–H groups in total. The van der Waals surface area contributed by atoms with Crippen molar-refractivity contribution in [1.82, 2.24) is 9.80 Å². The zero-order valence-electron chi connectivity index (χ0n) is 14.7. The van der Waals surface area contributed by atoms with E-state index in [0.29, 0.717) is 24.4 Å². The molecular weight excluding hydrogens is 322 g/mol. The Bertz CT molecular complexity index is 702. The number of carbonyl (C=O) groups excluding carboxylic acids is 3.